The Balaban J connectivity index is 1.70. The van der Waals surface area contributed by atoms with Gasteiger partial charge >= 0.3 is 0 Å². The number of halogens is 3. The molecule has 0 aromatic heterocycles. The van der Waals surface area contributed by atoms with E-state index < -0.39 is 0 Å². The van der Waals surface area contributed by atoms with Crippen molar-refractivity contribution < 1.29 is 4.74 Å². The number of ether oxygens (including phenoxy) is 1. The molecule has 2 nitrogen and oxygen atoms in total. The lowest BCUT2D eigenvalue weighted by Gasteiger charge is -2.13. The van der Waals surface area contributed by atoms with Crippen molar-refractivity contribution in [1.29, 1.82) is 0 Å². The minimum Gasteiger partial charge on any atom is -0.490 e. The fraction of sp³-hybridized carbons (Fsp3) is 0.571. The molecular weight excluding hydrogens is 438 g/mol. The van der Waals surface area contributed by atoms with Crippen LogP contribution in [-0.4, -0.2) is 19.7 Å². The molecule has 1 N–H and O–H groups in total. The van der Waals surface area contributed by atoms with E-state index in [4.69, 9.17) is 4.74 Å². The summed E-state index contributed by atoms with van der Waals surface area (Å²) in [6, 6.07) is 3.98. The van der Waals surface area contributed by atoms with Crippen LogP contribution >= 0.6 is 47.8 Å². The molecule has 0 radical (unpaired) electrons. The van der Waals surface area contributed by atoms with Crippen molar-refractivity contribution in [3.8, 4) is 5.75 Å². The third kappa shape index (κ3) is 5.03. The van der Waals surface area contributed by atoms with Crippen LogP contribution in [0.25, 0.3) is 0 Å². The first-order chi connectivity index (χ1) is 9.16. The van der Waals surface area contributed by atoms with Gasteiger partial charge in [0.1, 0.15) is 12.4 Å². The Hall–Kier alpha value is 0.420. The van der Waals surface area contributed by atoms with Crippen LogP contribution in [0.4, 0.5) is 0 Å². The van der Waals surface area contributed by atoms with Gasteiger partial charge in [-0.3, -0.25) is 0 Å². The van der Waals surface area contributed by atoms with Gasteiger partial charge in [-0.2, -0.15) is 0 Å². The summed E-state index contributed by atoms with van der Waals surface area (Å²) in [6.07, 6.45) is 5.58. The predicted molar refractivity (Wildman–Crippen MR) is 89.9 cm³/mol. The Kier molecular flexibility index (Phi) is 6.66. The molecular formula is C14H18Br3NO. The highest BCUT2D eigenvalue weighted by Crippen LogP contribution is 2.36. The van der Waals surface area contributed by atoms with Gasteiger partial charge in [0.05, 0.1) is 8.95 Å². The van der Waals surface area contributed by atoms with Crippen molar-refractivity contribution in [3.63, 3.8) is 0 Å². The maximum Gasteiger partial charge on any atom is 0.147 e. The summed E-state index contributed by atoms with van der Waals surface area (Å²) < 4.78 is 8.76. The lowest BCUT2D eigenvalue weighted by molar-refractivity contribution is 0.305. The molecule has 0 aliphatic heterocycles. The van der Waals surface area contributed by atoms with Gasteiger partial charge in [0.15, 0.2) is 0 Å². The zero-order valence-corrected chi connectivity index (χ0v) is 15.5. The molecule has 19 heavy (non-hydrogen) atoms. The highest BCUT2D eigenvalue weighted by atomic mass is 79.9. The Labute approximate surface area is 140 Å². The highest BCUT2D eigenvalue weighted by molar-refractivity contribution is 9.11. The zero-order chi connectivity index (χ0) is 13.7. The molecule has 2 rings (SSSR count). The lowest BCUT2D eigenvalue weighted by Crippen LogP contribution is -2.26. The summed E-state index contributed by atoms with van der Waals surface area (Å²) in [7, 11) is 0. The second-order valence-electron chi connectivity index (χ2n) is 4.90. The predicted octanol–water partition coefficient (Wildman–Crippen LogP) is 5.13. The van der Waals surface area contributed by atoms with Crippen LogP contribution < -0.4 is 10.1 Å². The maximum absolute atomic E-state index is 5.81. The van der Waals surface area contributed by atoms with Crippen LogP contribution in [-0.2, 0) is 0 Å². The van der Waals surface area contributed by atoms with E-state index in [0.29, 0.717) is 6.61 Å². The quantitative estimate of drug-likeness (QED) is 0.600. The Morgan fingerprint density at radius 3 is 2.37 bits per heavy atom. The average Bonchev–Trinajstić information content (AvgIpc) is 2.84. The molecule has 0 heterocycles. The molecule has 1 aliphatic carbocycles. The number of nitrogens with one attached hydrogen (secondary N) is 1. The minimum absolute atomic E-state index is 0.686. The molecule has 1 fully saturated rings. The molecule has 0 atom stereocenters. The molecule has 0 amide bonds. The van der Waals surface area contributed by atoms with Gasteiger partial charge in [0.25, 0.3) is 0 Å². The molecule has 106 valence electrons. The summed E-state index contributed by atoms with van der Waals surface area (Å²) >= 11 is 10.5. The first-order valence-electron chi connectivity index (χ1n) is 6.65. The largest absolute Gasteiger partial charge is 0.490 e. The standard InChI is InChI=1S/C14H18Br3NO/c15-11-7-12(16)14(13(17)8-11)19-6-5-18-9-10-3-1-2-4-10/h7-8,10,18H,1-6,9H2. The maximum atomic E-state index is 5.81. The molecule has 0 unspecified atom stereocenters. The minimum atomic E-state index is 0.686. The number of hydrogen-bond acceptors (Lipinski definition) is 2. The van der Waals surface area contributed by atoms with Crippen LogP contribution in [0, 0.1) is 5.92 Å². The fourth-order valence-electron chi connectivity index (χ4n) is 2.41. The highest BCUT2D eigenvalue weighted by Gasteiger charge is 2.14. The van der Waals surface area contributed by atoms with E-state index in [0.717, 1.165) is 38.2 Å². The van der Waals surface area contributed by atoms with E-state index in [-0.39, 0.29) is 0 Å². The van der Waals surface area contributed by atoms with E-state index in [1.165, 1.54) is 25.7 Å². The first-order valence-corrected chi connectivity index (χ1v) is 9.03. The second-order valence-corrected chi connectivity index (χ2v) is 7.53. The summed E-state index contributed by atoms with van der Waals surface area (Å²) in [4.78, 5) is 0. The van der Waals surface area contributed by atoms with Gasteiger partial charge in [-0.1, -0.05) is 28.8 Å². The van der Waals surface area contributed by atoms with Crippen molar-refractivity contribution in [2.24, 2.45) is 5.92 Å². The van der Waals surface area contributed by atoms with Crippen LogP contribution in [0.3, 0.4) is 0 Å². The SMILES string of the molecule is Brc1cc(Br)c(OCCNCC2CCCC2)c(Br)c1. The van der Waals surface area contributed by atoms with Crippen molar-refractivity contribution in [3.05, 3.63) is 25.6 Å². The Bertz CT molecular complexity index is 396. The summed E-state index contributed by atoms with van der Waals surface area (Å²) in [5.74, 6) is 1.75. The molecule has 1 aromatic carbocycles. The van der Waals surface area contributed by atoms with Gasteiger partial charge in [-0.25, -0.2) is 0 Å². The van der Waals surface area contributed by atoms with Crippen molar-refractivity contribution in [2.75, 3.05) is 19.7 Å². The molecule has 1 aromatic rings. The van der Waals surface area contributed by atoms with E-state index in [1.807, 2.05) is 12.1 Å². The third-order valence-corrected chi connectivity index (χ3v) is 5.03. The van der Waals surface area contributed by atoms with E-state index in [9.17, 15) is 0 Å². The van der Waals surface area contributed by atoms with Gasteiger partial charge in [0, 0.05) is 11.0 Å². The van der Waals surface area contributed by atoms with Crippen LogP contribution in [0.1, 0.15) is 25.7 Å². The molecule has 1 aliphatic rings. The number of benzene rings is 1. The van der Waals surface area contributed by atoms with Gasteiger partial charge < -0.3 is 10.1 Å². The van der Waals surface area contributed by atoms with Crippen LogP contribution in [0.15, 0.2) is 25.6 Å². The molecule has 5 heteroatoms. The monoisotopic (exact) mass is 453 g/mol. The first kappa shape index (κ1) is 15.8. The van der Waals surface area contributed by atoms with Gasteiger partial charge in [-0.05, 0) is 69.3 Å². The van der Waals surface area contributed by atoms with Crippen molar-refractivity contribution >= 4 is 47.8 Å². The molecule has 0 saturated heterocycles. The summed E-state index contributed by atoms with van der Waals surface area (Å²) in [5, 5.41) is 3.48. The fourth-order valence-corrected chi connectivity index (χ4v) is 4.90. The number of hydrogen-bond donors (Lipinski definition) is 1. The topological polar surface area (TPSA) is 21.3 Å². The second kappa shape index (κ2) is 8.01. The normalized spacial score (nSPS) is 15.9. The molecule has 0 bridgehead atoms. The average molecular weight is 456 g/mol. The smallest absolute Gasteiger partial charge is 0.147 e. The Morgan fingerprint density at radius 1 is 1.11 bits per heavy atom. The summed E-state index contributed by atoms with van der Waals surface area (Å²) in [5.41, 5.74) is 0. The zero-order valence-electron chi connectivity index (χ0n) is 10.7. The summed E-state index contributed by atoms with van der Waals surface area (Å²) in [6.45, 7) is 2.71. The Morgan fingerprint density at radius 2 is 1.74 bits per heavy atom. The van der Waals surface area contributed by atoms with E-state index in [1.54, 1.807) is 0 Å². The molecule has 1 saturated carbocycles. The number of rotatable bonds is 6. The van der Waals surface area contributed by atoms with Gasteiger partial charge in [-0.15, -0.1) is 0 Å². The molecule has 0 spiro atoms. The van der Waals surface area contributed by atoms with Crippen molar-refractivity contribution in [2.45, 2.75) is 25.7 Å². The van der Waals surface area contributed by atoms with Gasteiger partial charge in [0.2, 0.25) is 0 Å². The van der Waals surface area contributed by atoms with E-state index in [2.05, 4.69) is 53.1 Å². The third-order valence-electron chi connectivity index (χ3n) is 3.40. The van der Waals surface area contributed by atoms with E-state index >= 15 is 0 Å². The lowest BCUT2D eigenvalue weighted by atomic mass is 10.1. The van der Waals surface area contributed by atoms with Crippen LogP contribution in [0.5, 0.6) is 5.75 Å². The van der Waals surface area contributed by atoms with Crippen molar-refractivity contribution in [1.82, 2.24) is 5.32 Å². The van der Waals surface area contributed by atoms with Crippen LogP contribution in [0.2, 0.25) is 0 Å².